The summed E-state index contributed by atoms with van der Waals surface area (Å²) < 4.78 is 10.5. The first-order valence-corrected chi connectivity index (χ1v) is 10.0. The number of amides is 1. The van der Waals surface area contributed by atoms with Gasteiger partial charge in [-0.3, -0.25) is 4.79 Å². The number of hydrogen-bond acceptors (Lipinski definition) is 5. The molecule has 0 spiro atoms. The summed E-state index contributed by atoms with van der Waals surface area (Å²) in [6.07, 6.45) is 2.89. The van der Waals surface area contributed by atoms with Crippen molar-refractivity contribution >= 4 is 23.2 Å². The van der Waals surface area contributed by atoms with Crippen molar-refractivity contribution < 1.29 is 19.1 Å². The lowest BCUT2D eigenvalue weighted by Gasteiger charge is -2.22. The molecule has 6 heteroatoms. The Hall–Kier alpha value is -2.34. The number of carbonyl (C=O) groups is 2. The van der Waals surface area contributed by atoms with Crippen molar-refractivity contribution in [1.29, 1.82) is 0 Å². The number of methoxy groups -OCH3 is 1. The van der Waals surface area contributed by atoms with Crippen molar-refractivity contribution in [3.63, 3.8) is 0 Å². The first-order chi connectivity index (χ1) is 13.0. The molecule has 1 saturated carbocycles. The van der Waals surface area contributed by atoms with Crippen LogP contribution in [-0.4, -0.2) is 36.5 Å². The van der Waals surface area contributed by atoms with Crippen LogP contribution in [0.5, 0.6) is 5.75 Å². The molecular formula is C21H25NO4S. The fraction of sp³-hybridized carbons (Fsp3) is 0.429. The van der Waals surface area contributed by atoms with Gasteiger partial charge in [0.05, 0.1) is 7.11 Å². The Morgan fingerprint density at radius 2 is 1.93 bits per heavy atom. The molecule has 1 aliphatic carbocycles. The maximum Gasteiger partial charge on any atom is 0.348 e. The van der Waals surface area contributed by atoms with E-state index in [2.05, 4.69) is 6.92 Å². The largest absolute Gasteiger partial charge is 0.497 e. The molecule has 1 fully saturated rings. The van der Waals surface area contributed by atoms with Crippen molar-refractivity contribution in [3.8, 4) is 5.75 Å². The van der Waals surface area contributed by atoms with Crippen LogP contribution < -0.4 is 4.74 Å². The maximum atomic E-state index is 12.6. The van der Waals surface area contributed by atoms with E-state index in [9.17, 15) is 9.59 Å². The van der Waals surface area contributed by atoms with Gasteiger partial charge < -0.3 is 14.4 Å². The van der Waals surface area contributed by atoms with E-state index in [1.165, 1.54) is 16.2 Å². The first-order valence-electron chi connectivity index (χ1n) is 9.20. The SMILES string of the molecule is CCc1sc(C(=O)OCC(=O)N(Cc2ccc(OC)cc2)C2CC2)cc1C. The summed E-state index contributed by atoms with van der Waals surface area (Å²) in [5.41, 5.74) is 2.13. The average molecular weight is 388 g/mol. The molecule has 0 saturated heterocycles. The zero-order valence-electron chi connectivity index (χ0n) is 16.0. The van der Waals surface area contributed by atoms with Gasteiger partial charge >= 0.3 is 5.97 Å². The van der Waals surface area contributed by atoms with Gasteiger partial charge in [0.1, 0.15) is 10.6 Å². The van der Waals surface area contributed by atoms with Crippen molar-refractivity contribution in [2.75, 3.05) is 13.7 Å². The molecule has 3 rings (SSSR count). The molecule has 2 aromatic rings. The highest BCUT2D eigenvalue weighted by molar-refractivity contribution is 7.14. The van der Waals surface area contributed by atoms with Crippen LogP contribution in [0.1, 0.15) is 45.4 Å². The predicted octanol–water partition coefficient (Wildman–Crippen LogP) is 3.98. The first kappa shape index (κ1) is 19.4. The van der Waals surface area contributed by atoms with E-state index in [1.54, 1.807) is 7.11 Å². The number of nitrogens with zero attached hydrogens (tertiary/aromatic N) is 1. The second-order valence-corrected chi connectivity index (χ2v) is 7.88. The molecule has 5 nitrogen and oxygen atoms in total. The van der Waals surface area contributed by atoms with Gasteiger partial charge in [-0.05, 0) is 55.5 Å². The summed E-state index contributed by atoms with van der Waals surface area (Å²) in [4.78, 5) is 28.5. The zero-order chi connectivity index (χ0) is 19.4. The normalized spacial score (nSPS) is 13.3. The van der Waals surface area contributed by atoms with Crippen molar-refractivity contribution in [2.45, 2.75) is 45.7 Å². The van der Waals surface area contributed by atoms with Gasteiger partial charge in [0.2, 0.25) is 0 Å². The standard InChI is InChI=1S/C21H25NO4S/c1-4-18-14(2)11-19(27-18)21(24)26-13-20(23)22(16-7-8-16)12-15-5-9-17(25-3)10-6-15/h5-6,9-11,16H,4,7-8,12-13H2,1-3H3. The molecule has 27 heavy (non-hydrogen) atoms. The van der Waals surface area contributed by atoms with Gasteiger partial charge in [-0.25, -0.2) is 4.79 Å². The molecule has 1 aliphatic rings. The van der Waals surface area contributed by atoms with Crippen LogP contribution in [-0.2, 0) is 22.5 Å². The molecule has 1 aromatic heterocycles. The zero-order valence-corrected chi connectivity index (χ0v) is 16.8. The van der Waals surface area contributed by atoms with Gasteiger partial charge in [-0.1, -0.05) is 19.1 Å². The number of benzene rings is 1. The molecule has 1 aromatic carbocycles. The number of carbonyl (C=O) groups excluding carboxylic acids is 2. The van der Waals surface area contributed by atoms with E-state index in [0.717, 1.165) is 36.1 Å². The van der Waals surface area contributed by atoms with Crippen LogP contribution in [0.4, 0.5) is 0 Å². The number of hydrogen-bond donors (Lipinski definition) is 0. The summed E-state index contributed by atoms with van der Waals surface area (Å²) in [5, 5.41) is 0. The average Bonchev–Trinajstić information content (AvgIpc) is 3.45. The van der Waals surface area contributed by atoms with E-state index in [-0.39, 0.29) is 18.6 Å². The minimum atomic E-state index is -0.420. The Labute approximate surface area is 163 Å². The fourth-order valence-corrected chi connectivity index (χ4v) is 4.00. The molecule has 0 aliphatic heterocycles. The lowest BCUT2D eigenvalue weighted by Crippen LogP contribution is -2.36. The number of aryl methyl sites for hydroxylation is 2. The van der Waals surface area contributed by atoms with Crippen LogP contribution >= 0.6 is 11.3 Å². The maximum absolute atomic E-state index is 12.6. The fourth-order valence-electron chi connectivity index (χ4n) is 2.99. The summed E-state index contributed by atoms with van der Waals surface area (Å²) >= 11 is 1.44. The van der Waals surface area contributed by atoms with Crippen LogP contribution in [0.2, 0.25) is 0 Å². The quantitative estimate of drug-likeness (QED) is 0.643. The smallest absolute Gasteiger partial charge is 0.348 e. The van der Waals surface area contributed by atoms with Crippen molar-refractivity contribution in [1.82, 2.24) is 4.90 Å². The number of thiophene rings is 1. The van der Waals surface area contributed by atoms with Crippen molar-refractivity contribution in [3.05, 3.63) is 51.2 Å². The third-order valence-corrected chi connectivity index (χ3v) is 6.05. The summed E-state index contributed by atoms with van der Waals surface area (Å²) in [5.74, 6) is 0.219. The highest BCUT2D eigenvalue weighted by atomic mass is 32.1. The lowest BCUT2D eigenvalue weighted by atomic mass is 10.2. The lowest BCUT2D eigenvalue weighted by molar-refractivity contribution is -0.135. The second kappa shape index (κ2) is 8.57. The molecule has 0 bridgehead atoms. The molecule has 0 atom stereocenters. The van der Waals surface area contributed by atoms with E-state index in [4.69, 9.17) is 9.47 Å². The van der Waals surface area contributed by atoms with E-state index in [0.29, 0.717) is 11.4 Å². The van der Waals surface area contributed by atoms with E-state index < -0.39 is 5.97 Å². The Morgan fingerprint density at radius 3 is 2.48 bits per heavy atom. The van der Waals surface area contributed by atoms with Gasteiger partial charge in [0.15, 0.2) is 6.61 Å². The van der Waals surface area contributed by atoms with Gasteiger partial charge in [-0.2, -0.15) is 0 Å². The van der Waals surface area contributed by atoms with Crippen LogP contribution in [0.3, 0.4) is 0 Å². The highest BCUT2D eigenvalue weighted by Gasteiger charge is 2.33. The highest BCUT2D eigenvalue weighted by Crippen LogP contribution is 2.29. The molecule has 0 radical (unpaired) electrons. The Morgan fingerprint density at radius 1 is 1.22 bits per heavy atom. The summed E-state index contributed by atoms with van der Waals surface area (Å²) in [6, 6.07) is 9.76. The minimum Gasteiger partial charge on any atom is -0.497 e. The van der Waals surface area contributed by atoms with Crippen molar-refractivity contribution in [2.24, 2.45) is 0 Å². The number of esters is 1. The molecule has 1 heterocycles. The van der Waals surface area contributed by atoms with Crippen LogP contribution in [0.15, 0.2) is 30.3 Å². The Balaban J connectivity index is 1.59. The van der Waals surface area contributed by atoms with E-state index in [1.807, 2.05) is 42.2 Å². The summed E-state index contributed by atoms with van der Waals surface area (Å²) in [6.45, 7) is 4.35. The topological polar surface area (TPSA) is 55.8 Å². The van der Waals surface area contributed by atoms with Crippen LogP contribution in [0.25, 0.3) is 0 Å². The predicted molar refractivity (Wildman–Crippen MR) is 105 cm³/mol. The monoisotopic (exact) mass is 387 g/mol. The number of ether oxygens (including phenoxy) is 2. The third kappa shape index (κ3) is 4.89. The molecule has 144 valence electrons. The Kier molecular flexibility index (Phi) is 6.16. The van der Waals surface area contributed by atoms with Crippen LogP contribution in [0, 0.1) is 6.92 Å². The molecule has 1 amide bonds. The van der Waals surface area contributed by atoms with Gasteiger partial charge in [0.25, 0.3) is 5.91 Å². The minimum absolute atomic E-state index is 0.148. The molecule has 0 unspecified atom stereocenters. The summed E-state index contributed by atoms with van der Waals surface area (Å²) in [7, 11) is 1.63. The van der Waals surface area contributed by atoms with E-state index >= 15 is 0 Å². The molecular weight excluding hydrogens is 362 g/mol. The number of rotatable bonds is 8. The van der Waals surface area contributed by atoms with Gasteiger partial charge in [0, 0.05) is 17.5 Å². The second-order valence-electron chi connectivity index (χ2n) is 6.75. The van der Waals surface area contributed by atoms with Gasteiger partial charge in [-0.15, -0.1) is 11.3 Å². The molecule has 0 N–H and O–H groups in total. The third-order valence-electron chi connectivity index (χ3n) is 4.69. The Bertz CT molecular complexity index is 808.